The predicted octanol–water partition coefficient (Wildman–Crippen LogP) is 2.97. The third-order valence-electron chi connectivity index (χ3n) is 6.29. The van der Waals surface area contributed by atoms with Gasteiger partial charge < -0.3 is 4.90 Å². The smallest absolute Gasteiger partial charge is 0.226 e. The quantitative estimate of drug-likeness (QED) is 0.682. The van der Waals surface area contributed by atoms with Crippen molar-refractivity contribution in [3.05, 3.63) is 0 Å². The van der Waals surface area contributed by atoms with Crippen LogP contribution in [0.25, 0.3) is 0 Å². The third-order valence-corrected chi connectivity index (χ3v) is 6.29. The summed E-state index contributed by atoms with van der Waals surface area (Å²) in [6.45, 7) is 1.06. The molecule has 0 unspecified atom stereocenters. The van der Waals surface area contributed by atoms with E-state index in [1.165, 1.54) is 57.8 Å². The molecule has 0 N–H and O–H groups in total. The number of carbonyl (C=O) groups excluding carboxylic acids is 1. The molecule has 1 heterocycles. The van der Waals surface area contributed by atoms with E-state index >= 15 is 0 Å². The molecule has 5 rings (SSSR count). The van der Waals surface area contributed by atoms with Crippen LogP contribution in [0.2, 0.25) is 0 Å². The summed E-state index contributed by atoms with van der Waals surface area (Å²) in [6, 6.07) is 0. The largest absolute Gasteiger partial charge is 0.337 e. The zero-order chi connectivity index (χ0) is 11.5. The fourth-order valence-electron chi connectivity index (χ4n) is 4.87. The molecule has 1 aliphatic heterocycles. The number of hydrogen-bond acceptors (Lipinski definition) is 1. The number of fused-ring (bicyclic) bond motifs is 3. The number of nitrogens with zero attached hydrogens (tertiary/aromatic N) is 1. The monoisotopic (exact) mass is 233 g/mol. The van der Waals surface area contributed by atoms with Crippen LogP contribution < -0.4 is 0 Å². The highest BCUT2D eigenvalue weighted by Gasteiger charge is 2.53. The Bertz CT molecular complexity index is 333. The molecule has 0 aromatic carbocycles. The van der Waals surface area contributed by atoms with Gasteiger partial charge in [0.1, 0.15) is 0 Å². The van der Waals surface area contributed by atoms with Crippen molar-refractivity contribution in [2.75, 3.05) is 6.54 Å². The van der Waals surface area contributed by atoms with Gasteiger partial charge in [0.05, 0.1) is 0 Å². The molecule has 5 aliphatic rings. The third kappa shape index (κ3) is 1.36. The second-order valence-corrected chi connectivity index (χ2v) is 6.94. The molecule has 1 spiro atoms. The van der Waals surface area contributed by atoms with Gasteiger partial charge in [0.25, 0.3) is 0 Å². The fraction of sp³-hybridized carbons (Fsp3) is 0.933. The van der Waals surface area contributed by atoms with Gasteiger partial charge in [0.15, 0.2) is 0 Å². The van der Waals surface area contributed by atoms with E-state index in [2.05, 4.69) is 4.90 Å². The Balaban J connectivity index is 1.50. The van der Waals surface area contributed by atoms with Crippen molar-refractivity contribution in [1.29, 1.82) is 0 Å². The van der Waals surface area contributed by atoms with Gasteiger partial charge in [-0.15, -0.1) is 0 Å². The van der Waals surface area contributed by atoms with E-state index in [1.807, 2.05) is 0 Å². The van der Waals surface area contributed by atoms with Gasteiger partial charge >= 0.3 is 0 Å². The number of carbonyl (C=O) groups is 1. The highest BCUT2D eigenvalue weighted by atomic mass is 16.2. The molecule has 1 saturated heterocycles. The highest BCUT2D eigenvalue weighted by Crippen LogP contribution is 2.51. The van der Waals surface area contributed by atoms with Gasteiger partial charge in [-0.1, -0.05) is 12.8 Å². The van der Waals surface area contributed by atoms with Crippen LogP contribution in [0.15, 0.2) is 0 Å². The first-order chi connectivity index (χ1) is 8.28. The highest BCUT2D eigenvalue weighted by molar-refractivity contribution is 5.81. The van der Waals surface area contributed by atoms with Crippen molar-refractivity contribution in [1.82, 2.24) is 4.90 Å². The first kappa shape index (κ1) is 10.4. The average Bonchev–Trinajstić information content (AvgIpc) is 2.27. The lowest BCUT2D eigenvalue weighted by Crippen LogP contribution is -2.67. The summed E-state index contributed by atoms with van der Waals surface area (Å²) >= 11 is 0. The maximum atomic E-state index is 12.7. The van der Waals surface area contributed by atoms with Crippen molar-refractivity contribution in [2.24, 2.45) is 17.8 Å². The molecule has 2 heteroatoms. The summed E-state index contributed by atoms with van der Waals surface area (Å²) in [5, 5.41) is 0. The molecule has 0 radical (unpaired) electrons. The summed E-state index contributed by atoms with van der Waals surface area (Å²) in [5.41, 5.74) is 0.369. The normalized spacial score (nSPS) is 42.1. The Hall–Kier alpha value is -0.530. The topological polar surface area (TPSA) is 20.3 Å². The van der Waals surface area contributed by atoms with Crippen LogP contribution in [0, 0.1) is 17.8 Å². The van der Waals surface area contributed by atoms with Gasteiger partial charge in [0.2, 0.25) is 5.91 Å². The second-order valence-electron chi connectivity index (χ2n) is 6.94. The molecule has 4 saturated carbocycles. The van der Waals surface area contributed by atoms with E-state index in [-0.39, 0.29) is 0 Å². The summed E-state index contributed by atoms with van der Waals surface area (Å²) in [4.78, 5) is 15.0. The zero-order valence-corrected chi connectivity index (χ0v) is 10.7. The van der Waals surface area contributed by atoms with E-state index in [0.29, 0.717) is 17.4 Å². The summed E-state index contributed by atoms with van der Waals surface area (Å²) < 4.78 is 0. The average molecular weight is 233 g/mol. The molecule has 1 amide bonds. The zero-order valence-electron chi connectivity index (χ0n) is 10.7. The number of likely N-dealkylation sites (tertiary alicyclic amines) is 1. The van der Waals surface area contributed by atoms with E-state index in [9.17, 15) is 4.79 Å². The summed E-state index contributed by atoms with van der Waals surface area (Å²) in [5.74, 6) is 2.59. The van der Waals surface area contributed by atoms with E-state index in [1.54, 1.807) is 0 Å². The van der Waals surface area contributed by atoms with Crippen molar-refractivity contribution in [2.45, 2.75) is 63.3 Å². The van der Waals surface area contributed by atoms with Gasteiger partial charge in [-0.05, 0) is 56.8 Å². The standard InChI is InChI=1S/C15H23NO/c17-14(16-9-8-15(16)6-1-7-15)13-10-11-2-4-12(13)5-3-11/h11-13H,1-10H2/t11?,12?,13-/m0/s1. The molecule has 4 aliphatic carbocycles. The number of amides is 1. The molecule has 1 atom stereocenters. The molecule has 17 heavy (non-hydrogen) atoms. The van der Waals surface area contributed by atoms with Crippen LogP contribution in [0.5, 0.6) is 0 Å². The van der Waals surface area contributed by atoms with Crippen LogP contribution >= 0.6 is 0 Å². The minimum absolute atomic E-state index is 0.369. The maximum Gasteiger partial charge on any atom is 0.226 e. The van der Waals surface area contributed by atoms with E-state index in [0.717, 1.165) is 18.4 Å². The molecule has 0 aromatic rings. The van der Waals surface area contributed by atoms with Gasteiger partial charge in [-0.2, -0.15) is 0 Å². The molecular weight excluding hydrogens is 210 g/mol. The van der Waals surface area contributed by atoms with Crippen LogP contribution in [0.1, 0.15) is 57.8 Å². The molecule has 2 bridgehead atoms. The van der Waals surface area contributed by atoms with Crippen LogP contribution in [0.4, 0.5) is 0 Å². The Morgan fingerprint density at radius 3 is 2.24 bits per heavy atom. The lowest BCUT2D eigenvalue weighted by Gasteiger charge is -2.60. The van der Waals surface area contributed by atoms with Gasteiger partial charge in [-0.25, -0.2) is 0 Å². The molecule has 0 aromatic heterocycles. The molecule has 2 nitrogen and oxygen atoms in total. The lowest BCUT2D eigenvalue weighted by atomic mass is 9.62. The summed E-state index contributed by atoms with van der Waals surface area (Å²) in [7, 11) is 0. The number of rotatable bonds is 1. The molecule has 5 fully saturated rings. The molecular formula is C15H23NO. The summed E-state index contributed by atoms with van der Waals surface area (Å²) in [6.07, 6.45) is 11.9. The van der Waals surface area contributed by atoms with Gasteiger partial charge in [0, 0.05) is 18.0 Å². The van der Waals surface area contributed by atoms with Crippen molar-refractivity contribution >= 4 is 5.91 Å². The van der Waals surface area contributed by atoms with Crippen molar-refractivity contribution in [3.63, 3.8) is 0 Å². The van der Waals surface area contributed by atoms with Crippen molar-refractivity contribution in [3.8, 4) is 0 Å². The Morgan fingerprint density at radius 1 is 1.06 bits per heavy atom. The SMILES string of the molecule is O=C([C@H]1CC2CCC1CC2)N1CCC12CCC2. The Kier molecular flexibility index (Phi) is 2.13. The van der Waals surface area contributed by atoms with Crippen LogP contribution in [-0.4, -0.2) is 22.9 Å². The maximum absolute atomic E-state index is 12.7. The number of hydrogen-bond donors (Lipinski definition) is 0. The Labute approximate surface area is 104 Å². The first-order valence-corrected chi connectivity index (χ1v) is 7.60. The Morgan fingerprint density at radius 2 is 1.82 bits per heavy atom. The van der Waals surface area contributed by atoms with E-state index < -0.39 is 0 Å². The van der Waals surface area contributed by atoms with Crippen LogP contribution in [-0.2, 0) is 4.79 Å². The fourth-order valence-corrected chi connectivity index (χ4v) is 4.87. The minimum atomic E-state index is 0.369. The first-order valence-electron chi connectivity index (χ1n) is 7.60. The lowest BCUT2D eigenvalue weighted by molar-refractivity contribution is -0.165. The second kappa shape index (κ2) is 3.49. The van der Waals surface area contributed by atoms with Crippen LogP contribution in [0.3, 0.4) is 0 Å². The minimum Gasteiger partial charge on any atom is -0.337 e. The van der Waals surface area contributed by atoms with E-state index in [4.69, 9.17) is 0 Å². The van der Waals surface area contributed by atoms with Gasteiger partial charge in [-0.3, -0.25) is 4.79 Å². The molecule has 94 valence electrons. The van der Waals surface area contributed by atoms with Crippen molar-refractivity contribution < 1.29 is 4.79 Å². The predicted molar refractivity (Wildman–Crippen MR) is 66.5 cm³/mol.